The molecule has 30 heavy (non-hydrogen) atoms. The standard InChI is InChI=1S/C23H19N5O2/c29-22-20(28(23(30)27-22)17-8-7-14-9-10-24-18(14)11-17)15-3-5-16(6-4-15)21-25-12-19(26-21)13-1-2-13/h3-8,10-13,20H,1-2,9H2,(H,25,26)(H,27,29,30). The SMILES string of the molecule is O=C1NC(=O)N(c2ccc3c(c2)N=CC3)C1c1ccc(-c2ncc(C3CC3)[nH]2)cc1. The van der Waals surface area contributed by atoms with Crippen LogP contribution in [0.2, 0.25) is 0 Å². The van der Waals surface area contributed by atoms with Crippen LogP contribution in [0.25, 0.3) is 11.4 Å². The highest BCUT2D eigenvalue weighted by Crippen LogP contribution is 2.40. The number of carbonyl (C=O) groups excluding carboxylic acids is 2. The molecule has 3 amide bonds. The highest BCUT2D eigenvalue weighted by Gasteiger charge is 2.40. The minimum absolute atomic E-state index is 0.328. The Morgan fingerprint density at radius 1 is 1.03 bits per heavy atom. The summed E-state index contributed by atoms with van der Waals surface area (Å²) in [4.78, 5) is 38.9. The number of fused-ring (bicyclic) bond motifs is 1. The molecule has 3 aromatic rings. The van der Waals surface area contributed by atoms with Gasteiger partial charge in [0.15, 0.2) is 0 Å². The summed E-state index contributed by atoms with van der Waals surface area (Å²) >= 11 is 0. The Bertz CT molecular complexity index is 1210. The lowest BCUT2D eigenvalue weighted by Gasteiger charge is -2.22. The first-order valence-electron chi connectivity index (χ1n) is 10.1. The maximum atomic E-state index is 12.6. The van der Waals surface area contributed by atoms with E-state index in [2.05, 4.69) is 20.3 Å². The van der Waals surface area contributed by atoms with E-state index in [9.17, 15) is 9.59 Å². The average molecular weight is 397 g/mol. The van der Waals surface area contributed by atoms with E-state index < -0.39 is 12.1 Å². The van der Waals surface area contributed by atoms with Gasteiger partial charge in [0, 0.05) is 41.7 Å². The second kappa shape index (κ2) is 6.38. The molecule has 2 fully saturated rings. The second-order valence-electron chi connectivity index (χ2n) is 7.98. The molecule has 2 N–H and O–H groups in total. The van der Waals surface area contributed by atoms with Crippen molar-refractivity contribution in [1.82, 2.24) is 15.3 Å². The smallest absolute Gasteiger partial charge is 0.329 e. The number of aliphatic imine (C=N–C) groups is 1. The van der Waals surface area contributed by atoms with E-state index in [1.807, 2.05) is 54.9 Å². The van der Waals surface area contributed by atoms with Crippen LogP contribution in [0.15, 0.2) is 53.7 Å². The molecule has 1 aliphatic carbocycles. The van der Waals surface area contributed by atoms with Crippen molar-refractivity contribution in [2.24, 2.45) is 4.99 Å². The zero-order chi connectivity index (χ0) is 20.2. The molecule has 3 heterocycles. The Morgan fingerprint density at radius 3 is 2.67 bits per heavy atom. The highest BCUT2D eigenvalue weighted by molar-refractivity contribution is 6.14. The van der Waals surface area contributed by atoms with Crippen molar-refractivity contribution in [3.05, 3.63) is 65.5 Å². The Labute approximate surface area is 172 Å². The maximum absolute atomic E-state index is 12.6. The van der Waals surface area contributed by atoms with Crippen LogP contribution in [0.4, 0.5) is 16.2 Å². The first kappa shape index (κ1) is 17.1. The van der Waals surface area contributed by atoms with Gasteiger partial charge in [-0.3, -0.25) is 20.0 Å². The number of imidazole rings is 1. The van der Waals surface area contributed by atoms with Crippen LogP contribution in [-0.4, -0.2) is 28.1 Å². The van der Waals surface area contributed by atoms with Crippen molar-refractivity contribution in [1.29, 1.82) is 0 Å². The van der Waals surface area contributed by atoms with Crippen LogP contribution < -0.4 is 10.2 Å². The van der Waals surface area contributed by atoms with Crippen LogP contribution in [0, 0.1) is 0 Å². The number of hydrogen-bond acceptors (Lipinski definition) is 4. The number of hydrogen-bond donors (Lipinski definition) is 2. The molecular weight excluding hydrogens is 378 g/mol. The van der Waals surface area contributed by atoms with Crippen molar-refractivity contribution < 1.29 is 9.59 Å². The molecule has 1 aromatic heterocycles. The predicted molar refractivity (Wildman–Crippen MR) is 113 cm³/mol. The molecule has 0 radical (unpaired) electrons. The number of H-pyrrole nitrogens is 1. The number of carbonyl (C=O) groups is 2. The van der Waals surface area contributed by atoms with Gasteiger partial charge in [-0.15, -0.1) is 0 Å². The Balaban J connectivity index is 1.32. The minimum atomic E-state index is -0.714. The van der Waals surface area contributed by atoms with E-state index in [-0.39, 0.29) is 5.91 Å². The lowest BCUT2D eigenvalue weighted by Crippen LogP contribution is -2.29. The Morgan fingerprint density at radius 2 is 1.87 bits per heavy atom. The molecule has 0 spiro atoms. The van der Waals surface area contributed by atoms with Gasteiger partial charge in [-0.1, -0.05) is 30.3 Å². The van der Waals surface area contributed by atoms with Gasteiger partial charge in [0.05, 0.1) is 5.69 Å². The summed E-state index contributed by atoms with van der Waals surface area (Å²) in [6.07, 6.45) is 6.98. The van der Waals surface area contributed by atoms with Crippen molar-refractivity contribution in [2.75, 3.05) is 4.90 Å². The van der Waals surface area contributed by atoms with Crippen LogP contribution in [0.3, 0.4) is 0 Å². The molecule has 3 aliphatic rings. The Hall–Kier alpha value is -3.74. The molecule has 6 rings (SSSR count). The number of nitrogens with one attached hydrogen (secondary N) is 2. The summed E-state index contributed by atoms with van der Waals surface area (Å²) in [5, 5.41) is 2.44. The molecule has 7 heteroatoms. The number of imide groups is 1. The molecular formula is C23H19N5O2. The van der Waals surface area contributed by atoms with E-state index in [0.29, 0.717) is 11.6 Å². The largest absolute Gasteiger partial charge is 0.342 e. The van der Waals surface area contributed by atoms with Gasteiger partial charge in [-0.05, 0) is 36.1 Å². The van der Waals surface area contributed by atoms with Gasteiger partial charge in [0.2, 0.25) is 0 Å². The number of anilines is 1. The van der Waals surface area contributed by atoms with E-state index >= 15 is 0 Å². The summed E-state index contributed by atoms with van der Waals surface area (Å²) in [5.41, 5.74) is 5.51. The molecule has 1 unspecified atom stereocenters. The fraction of sp³-hybridized carbons (Fsp3) is 0.217. The predicted octanol–water partition coefficient (Wildman–Crippen LogP) is 4.01. The molecule has 0 bridgehead atoms. The molecule has 2 aliphatic heterocycles. The van der Waals surface area contributed by atoms with E-state index in [1.165, 1.54) is 23.4 Å². The fourth-order valence-corrected chi connectivity index (χ4v) is 4.18. The van der Waals surface area contributed by atoms with Gasteiger partial charge in [0.1, 0.15) is 11.9 Å². The van der Waals surface area contributed by atoms with Crippen molar-refractivity contribution in [2.45, 2.75) is 31.2 Å². The first-order chi connectivity index (χ1) is 14.7. The number of amides is 3. The Kier molecular flexibility index (Phi) is 3.65. The average Bonchev–Trinajstić information content (AvgIpc) is 3.18. The third-order valence-electron chi connectivity index (χ3n) is 5.96. The molecule has 1 saturated heterocycles. The van der Waals surface area contributed by atoms with Crippen molar-refractivity contribution in [3.63, 3.8) is 0 Å². The lowest BCUT2D eigenvalue weighted by atomic mass is 10.0. The van der Waals surface area contributed by atoms with Crippen LogP contribution >= 0.6 is 0 Å². The topological polar surface area (TPSA) is 90.4 Å². The number of rotatable bonds is 4. The zero-order valence-electron chi connectivity index (χ0n) is 16.1. The lowest BCUT2D eigenvalue weighted by molar-refractivity contribution is -0.119. The van der Waals surface area contributed by atoms with Gasteiger partial charge in [-0.2, -0.15) is 0 Å². The summed E-state index contributed by atoms with van der Waals surface area (Å²) in [5.74, 6) is 1.11. The van der Waals surface area contributed by atoms with Crippen molar-refractivity contribution >= 4 is 29.5 Å². The number of benzene rings is 2. The van der Waals surface area contributed by atoms with Gasteiger partial charge in [-0.25, -0.2) is 9.78 Å². The summed E-state index contributed by atoms with van der Waals surface area (Å²) in [7, 11) is 0. The quantitative estimate of drug-likeness (QED) is 0.652. The third-order valence-corrected chi connectivity index (χ3v) is 5.96. The maximum Gasteiger partial charge on any atom is 0.329 e. The molecule has 2 aromatic carbocycles. The summed E-state index contributed by atoms with van der Waals surface area (Å²) < 4.78 is 0. The van der Waals surface area contributed by atoms with Gasteiger partial charge in [0.25, 0.3) is 5.91 Å². The van der Waals surface area contributed by atoms with Crippen LogP contribution in [0.5, 0.6) is 0 Å². The number of nitrogens with zero attached hydrogens (tertiary/aromatic N) is 3. The minimum Gasteiger partial charge on any atom is -0.342 e. The van der Waals surface area contributed by atoms with Crippen molar-refractivity contribution in [3.8, 4) is 11.4 Å². The normalized spacial score (nSPS) is 20.0. The van der Waals surface area contributed by atoms with E-state index in [4.69, 9.17) is 0 Å². The monoisotopic (exact) mass is 397 g/mol. The second-order valence-corrected chi connectivity index (χ2v) is 7.98. The third kappa shape index (κ3) is 2.74. The molecule has 1 saturated carbocycles. The number of aromatic amines is 1. The fourth-order valence-electron chi connectivity index (χ4n) is 4.18. The summed E-state index contributed by atoms with van der Waals surface area (Å²) in [6.45, 7) is 0. The van der Waals surface area contributed by atoms with Gasteiger partial charge >= 0.3 is 6.03 Å². The summed E-state index contributed by atoms with van der Waals surface area (Å²) in [6, 6.07) is 12.2. The van der Waals surface area contributed by atoms with Crippen LogP contribution in [0.1, 0.15) is 41.6 Å². The number of aromatic nitrogens is 2. The highest BCUT2D eigenvalue weighted by atomic mass is 16.2. The first-order valence-corrected chi connectivity index (χ1v) is 10.1. The molecule has 1 atom stereocenters. The molecule has 148 valence electrons. The zero-order valence-corrected chi connectivity index (χ0v) is 16.1. The number of urea groups is 1. The van der Waals surface area contributed by atoms with Crippen LogP contribution in [-0.2, 0) is 11.2 Å². The van der Waals surface area contributed by atoms with E-state index in [0.717, 1.165) is 34.6 Å². The molecule has 7 nitrogen and oxygen atoms in total. The van der Waals surface area contributed by atoms with E-state index in [1.54, 1.807) is 0 Å². The van der Waals surface area contributed by atoms with Gasteiger partial charge < -0.3 is 4.98 Å².